The molecule has 9 heteroatoms. The summed E-state index contributed by atoms with van der Waals surface area (Å²) in [7, 11) is 0. The topological polar surface area (TPSA) is 157 Å². The molecule has 9 nitrogen and oxygen atoms in total. The number of fused-ring (bicyclic) bond motifs is 1. The van der Waals surface area contributed by atoms with Crippen LogP contribution in [0.25, 0.3) is 10.8 Å². The molecule has 7 N–H and O–H groups in total. The minimum absolute atomic E-state index is 0.157. The second kappa shape index (κ2) is 10.8. The second-order valence-corrected chi connectivity index (χ2v) is 7.02. The number of carbonyl (C=O) groups excluding carboxylic acids is 2. The average molecular weight is 413 g/mol. The molecule has 2 atom stereocenters. The van der Waals surface area contributed by atoms with E-state index in [1.165, 1.54) is 6.92 Å². The molecule has 0 aliphatic rings. The second-order valence-electron chi connectivity index (χ2n) is 7.02. The number of carboxylic acids is 1. The zero-order valence-electron chi connectivity index (χ0n) is 16.8. The third-order valence-electron chi connectivity index (χ3n) is 4.55. The van der Waals surface area contributed by atoms with Crippen LogP contribution in [-0.2, 0) is 20.8 Å². The largest absolute Gasteiger partial charge is 0.480 e. The standard InChI is InChI=1S/C21H27N5O4/c1-13(27)25-18(12-14-8-9-15-5-2-3-6-16(15)11-14)19(28)26-17(20(29)30)7-4-10-24-21(22)23/h2-3,5-6,8-9,11,17-18H,4,7,10,12H2,1H3,(H,25,27)(H,26,28)(H,29,30)(H4,22,23,24)/t17-,18-/m0/s1. The van der Waals surface area contributed by atoms with Gasteiger partial charge in [-0.15, -0.1) is 0 Å². The Morgan fingerprint density at radius 2 is 1.77 bits per heavy atom. The Hall–Kier alpha value is -3.62. The van der Waals surface area contributed by atoms with Crippen molar-refractivity contribution in [3.63, 3.8) is 0 Å². The fourth-order valence-corrected chi connectivity index (χ4v) is 3.12. The normalized spacial score (nSPS) is 12.6. The van der Waals surface area contributed by atoms with Gasteiger partial charge in [-0.3, -0.25) is 15.0 Å². The number of hydrogen-bond acceptors (Lipinski definition) is 4. The van der Waals surface area contributed by atoms with E-state index in [0.29, 0.717) is 13.0 Å². The van der Waals surface area contributed by atoms with Gasteiger partial charge in [0.15, 0.2) is 5.96 Å². The quantitative estimate of drug-likeness (QED) is 0.191. The summed E-state index contributed by atoms with van der Waals surface area (Å²) in [4.78, 5) is 35.9. The van der Waals surface area contributed by atoms with Crippen LogP contribution in [0.1, 0.15) is 25.3 Å². The highest BCUT2D eigenvalue weighted by Crippen LogP contribution is 2.17. The number of hydrogen-bond donors (Lipinski definition) is 6. The lowest BCUT2D eigenvalue weighted by atomic mass is 10.0. The molecule has 0 bridgehead atoms. The van der Waals surface area contributed by atoms with Crippen LogP contribution in [-0.4, -0.2) is 47.5 Å². The molecule has 0 heterocycles. The number of nitrogens with one attached hydrogen (secondary N) is 4. The maximum absolute atomic E-state index is 12.7. The highest BCUT2D eigenvalue weighted by atomic mass is 16.4. The molecule has 0 spiro atoms. The van der Waals surface area contributed by atoms with E-state index >= 15 is 0 Å². The smallest absolute Gasteiger partial charge is 0.326 e. The van der Waals surface area contributed by atoms with Crippen LogP contribution in [0.5, 0.6) is 0 Å². The molecule has 0 aliphatic carbocycles. The van der Waals surface area contributed by atoms with E-state index in [0.717, 1.165) is 16.3 Å². The molecule has 0 aliphatic heterocycles. The summed E-state index contributed by atoms with van der Waals surface area (Å²) < 4.78 is 0. The average Bonchev–Trinajstić information content (AvgIpc) is 2.68. The molecule has 2 rings (SSSR count). The van der Waals surface area contributed by atoms with Crippen molar-refractivity contribution in [2.45, 2.75) is 38.3 Å². The molecule has 0 saturated heterocycles. The van der Waals surface area contributed by atoms with Gasteiger partial charge in [-0.05, 0) is 29.2 Å². The third-order valence-corrected chi connectivity index (χ3v) is 4.55. The molecule has 0 fully saturated rings. The van der Waals surface area contributed by atoms with Gasteiger partial charge in [0.1, 0.15) is 12.1 Å². The predicted octanol–water partition coefficient (Wildman–Crippen LogP) is 0.720. The van der Waals surface area contributed by atoms with Gasteiger partial charge in [0.05, 0.1) is 0 Å². The first kappa shape index (κ1) is 22.7. The van der Waals surface area contributed by atoms with Crippen molar-refractivity contribution in [3.05, 3.63) is 48.0 Å². The van der Waals surface area contributed by atoms with Crippen LogP contribution in [0.4, 0.5) is 0 Å². The van der Waals surface area contributed by atoms with Crippen LogP contribution in [0.2, 0.25) is 0 Å². The van der Waals surface area contributed by atoms with Gasteiger partial charge in [-0.25, -0.2) is 4.79 Å². The zero-order chi connectivity index (χ0) is 22.1. The fraction of sp³-hybridized carbons (Fsp3) is 0.333. The van der Waals surface area contributed by atoms with Crippen molar-refractivity contribution in [1.29, 1.82) is 5.41 Å². The first-order valence-electron chi connectivity index (χ1n) is 9.62. The van der Waals surface area contributed by atoms with Crippen LogP contribution >= 0.6 is 0 Å². The molecule has 30 heavy (non-hydrogen) atoms. The van der Waals surface area contributed by atoms with E-state index in [-0.39, 0.29) is 24.7 Å². The molecule has 160 valence electrons. The predicted molar refractivity (Wildman–Crippen MR) is 114 cm³/mol. The van der Waals surface area contributed by atoms with Gasteiger partial charge in [-0.2, -0.15) is 0 Å². The minimum Gasteiger partial charge on any atom is -0.480 e. The van der Waals surface area contributed by atoms with Crippen molar-refractivity contribution in [1.82, 2.24) is 16.0 Å². The molecule has 2 amide bonds. The molecular formula is C21H27N5O4. The van der Waals surface area contributed by atoms with E-state index in [9.17, 15) is 19.5 Å². The molecule has 0 radical (unpaired) electrons. The summed E-state index contributed by atoms with van der Waals surface area (Å²) in [6, 6.07) is 11.6. The third kappa shape index (κ3) is 7.08. The lowest BCUT2D eigenvalue weighted by molar-refractivity contribution is -0.142. The van der Waals surface area contributed by atoms with Crippen molar-refractivity contribution in [2.24, 2.45) is 5.73 Å². The van der Waals surface area contributed by atoms with Crippen molar-refractivity contribution < 1.29 is 19.5 Å². The molecule has 0 aromatic heterocycles. The number of carbonyl (C=O) groups is 3. The van der Waals surface area contributed by atoms with Gasteiger partial charge in [0.2, 0.25) is 11.8 Å². The van der Waals surface area contributed by atoms with E-state index in [1.807, 2.05) is 42.5 Å². The molecule has 0 saturated carbocycles. The molecule has 2 aromatic carbocycles. The maximum atomic E-state index is 12.7. The Morgan fingerprint density at radius 3 is 2.40 bits per heavy atom. The van der Waals surface area contributed by atoms with Crippen molar-refractivity contribution >= 4 is 34.5 Å². The van der Waals surface area contributed by atoms with Crippen molar-refractivity contribution in [3.8, 4) is 0 Å². The Morgan fingerprint density at radius 1 is 1.07 bits per heavy atom. The van der Waals surface area contributed by atoms with Gasteiger partial charge in [0.25, 0.3) is 0 Å². The van der Waals surface area contributed by atoms with Crippen LogP contribution in [0, 0.1) is 5.41 Å². The SMILES string of the molecule is CC(=O)N[C@@H](Cc1ccc2ccccc2c1)C(=O)N[C@@H](CCCNC(=N)N)C(=O)O. The molecular weight excluding hydrogens is 386 g/mol. The van der Waals surface area contributed by atoms with Crippen LogP contribution in [0.15, 0.2) is 42.5 Å². The number of benzene rings is 2. The summed E-state index contributed by atoms with van der Waals surface area (Å²) in [5.74, 6) is -2.32. The monoisotopic (exact) mass is 413 g/mol. The van der Waals surface area contributed by atoms with E-state index < -0.39 is 24.0 Å². The van der Waals surface area contributed by atoms with Crippen molar-refractivity contribution in [2.75, 3.05) is 6.54 Å². The fourth-order valence-electron chi connectivity index (χ4n) is 3.12. The lowest BCUT2D eigenvalue weighted by Gasteiger charge is -2.21. The van der Waals surface area contributed by atoms with E-state index in [1.54, 1.807) is 0 Å². The van der Waals surface area contributed by atoms with Gasteiger partial charge < -0.3 is 26.8 Å². The van der Waals surface area contributed by atoms with E-state index in [4.69, 9.17) is 11.1 Å². The summed E-state index contributed by atoms with van der Waals surface area (Å²) in [6.07, 6.45) is 0.783. The van der Waals surface area contributed by atoms with Gasteiger partial charge >= 0.3 is 5.97 Å². The first-order chi connectivity index (χ1) is 14.3. The Bertz CT molecular complexity index is 931. The Kier molecular flexibility index (Phi) is 8.16. The number of guanidine groups is 1. The Balaban J connectivity index is 2.07. The van der Waals surface area contributed by atoms with Gasteiger partial charge in [-0.1, -0.05) is 42.5 Å². The first-order valence-corrected chi connectivity index (χ1v) is 9.62. The highest BCUT2D eigenvalue weighted by Gasteiger charge is 2.26. The number of nitrogens with two attached hydrogens (primary N) is 1. The lowest BCUT2D eigenvalue weighted by Crippen LogP contribution is -2.52. The minimum atomic E-state index is -1.17. The molecule has 0 unspecified atom stereocenters. The van der Waals surface area contributed by atoms with Gasteiger partial charge in [0, 0.05) is 19.9 Å². The highest BCUT2D eigenvalue weighted by molar-refractivity contribution is 5.90. The maximum Gasteiger partial charge on any atom is 0.326 e. The molecule has 2 aromatic rings. The Labute approximate surface area is 174 Å². The summed E-state index contributed by atoms with van der Waals surface area (Å²) in [5, 5.41) is 26.3. The summed E-state index contributed by atoms with van der Waals surface area (Å²) >= 11 is 0. The summed E-state index contributed by atoms with van der Waals surface area (Å²) in [6.45, 7) is 1.63. The van der Waals surface area contributed by atoms with E-state index in [2.05, 4.69) is 16.0 Å². The number of aliphatic carboxylic acids is 1. The number of rotatable bonds is 10. The number of carboxylic acid groups (broad SMARTS) is 1. The zero-order valence-corrected chi connectivity index (χ0v) is 16.8. The summed E-state index contributed by atoms with van der Waals surface area (Å²) in [5.41, 5.74) is 6.04. The van der Waals surface area contributed by atoms with Crippen LogP contribution in [0.3, 0.4) is 0 Å². The number of amides is 2. The van der Waals surface area contributed by atoms with Crippen LogP contribution < -0.4 is 21.7 Å².